The van der Waals surface area contributed by atoms with Gasteiger partial charge in [0.1, 0.15) is 11.5 Å². The number of methoxy groups -OCH3 is 1. The SMILES string of the molecule is COc1ncc(-c2nc(C3CCOCC3)nc3c(Br)c(C)sc23)cc1NS(=O)(=O)C1CC1. The lowest BCUT2D eigenvalue weighted by atomic mass is 9.99. The molecule has 170 valence electrons. The van der Waals surface area contributed by atoms with Gasteiger partial charge in [-0.2, -0.15) is 0 Å². The zero-order valence-corrected chi connectivity index (χ0v) is 20.9. The number of nitrogens with zero attached hydrogens (tertiary/aromatic N) is 3. The van der Waals surface area contributed by atoms with E-state index in [1.807, 2.05) is 6.92 Å². The highest BCUT2D eigenvalue weighted by Gasteiger charge is 2.36. The Kier molecular flexibility index (Phi) is 5.85. The summed E-state index contributed by atoms with van der Waals surface area (Å²) in [6.07, 6.45) is 4.77. The van der Waals surface area contributed by atoms with Gasteiger partial charge in [0, 0.05) is 35.8 Å². The third kappa shape index (κ3) is 4.11. The molecule has 32 heavy (non-hydrogen) atoms. The van der Waals surface area contributed by atoms with Crippen LogP contribution in [0.5, 0.6) is 5.88 Å². The maximum absolute atomic E-state index is 12.6. The number of hydrogen-bond acceptors (Lipinski definition) is 8. The van der Waals surface area contributed by atoms with E-state index in [1.54, 1.807) is 23.6 Å². The molecule has 1 saturated heterocycles. The van der Waals surface area contributed by atoms with Crippen molar-refractivity contribution < 1.29 is 17.9 Å². The summed E-state index contributed by atoms with van der Waals surface area (Å²) < 4.78 is 40.5. The molecule has 2 aliphatic rings. The highest BCUT2D eigenvalue weighted by Crippen LogP contribution is 2.41. The fourth-order valence-electron chi connectivity index (χ4n) is 3.84. The van der Waals surface area contributed by atoms with Gasteiger partial charge in [-0.25, -0.2) is 23.4 Å². The van der Waals surface area contributed by atoms with Crippen molar-refractivity contribution in [1.29, 1.82) is 0 Å². The van der Waals surface area contributed by atoms with Crippen molar-refractivity contribution in [3.63, 3.8) is 0 Å². The van der Waals surface area contributed by atoms with E-state index in [4.69, 9.17) is 19.4 Å². The number of thiophene rings is 1. The average Bonchev–Trinajstić information content (AvgIpc) is 3.61. The van der Waals surface area contributed by atoms with Crippen molar-refractivity contribution in [2.75, 3.05) is 25.0 Å². The molecule has 0 unspecified atom stereocenters. The molecule has 0 spiro atoms. The molecule has 0 aromatic carbocycles. The van der Waals surface area contributed by atoms with Crippen LogP contribution in [0, 0.1) is 6.92 Å². The first-order valence-corrected chi connectivity index (χ1v) is 13.6. The van der Waals surface area contributed by atoms with Gasteiger partial charge in [0.05, 0.1) is 32.7 Å². The van der Waals surface area contributed by atoms with E-state index < -0.39 is 10.0 Å². The summed E-state index contributed by atoms with van der Waals surface area (Å²) in [5.41, 5.74) is 2.66. The van der Waals surface area contributed by atoms with Gasteiger partial charge in [-0.05, 0) is 54.6 Å². The van der Waals surface area contributed by atoms with Crippen LogP contribution in [-0.2, 0) is 14.8 Å². The lowest BCUT2D eigenvalue weighted by Gasteiger charge is -2.21. The fraction of sp³-hybridized carbons (Fsp3) is 0.476. The molecule has 8 nitrogen and oxygen atoms in total. The summed E-state index contributed by atoms with van der Waals surface area (Å²) in [4.78, 5) is 15.3. The Morgan fingerprint density at radius 2 is 1.97 bits per heavy atom. The van der Waals surface area contributed by atoms with E-state index in [2.05, 4.69) is 25.6 Å². The zero-order chi connectivity index (χ0) is 22.5. The number of aryl methyl sites for hydroxylation is 1. The molecule has 0 radical (unpaired) electrons. The molecule has 1 aliphatic heterocycles. The third-order valence-electron chi connectivity index (χ3n) is 5.77. The van der Waals surface area contributed by atoms with Crippen LogP contribution < -0.4 is 9.46 Å². The molecule has 1 saturated carbocycles. The Morgan fingerprint density at radius 3 is 2.66 bits per heavy atom. The number of aromatic nitrogens is 3. The van der Waals surface area contributed by atoms with Crippen molar-refractivity contribution in [3.8, 4) is 17.1 Å². The maximum Gasteiger partial charge on any atom is 0.238 e. The van der Waals surface area contributed by atoms with E-state index >= 15 is 0 Å². The molecular weight excluding hydrogens is 516 g/mol. The highest BCUT2D eigenvalue weighted by atomic mass is 79.9. The maximum atomic E-state index is 12.6. The van der Waals surface area contributed by atoms with E-state index in [1.165, 1.54) is 7.11 Å². The Bertz CT molecular complexity index is 1280. The quantitative estimate of drug-likeness (QED) is 0.487. The van der Waals surface area contributed by atoms with Gasteiger partial charge in [0.2, 0.25) is 15.9 Å². The van der Waals surface area contributed by atoms with E-state index in [-0.39, 0.29) is 17.0 Å². The van der Waals surface area contributed by atoms with Crippen molar-refractivity contribution >= 4 is 53.2 Å². The second-order valence-electron chi connectivity index (χ2n) is 8.09. The van der Waals surface area contributed by atoms with Crippen molar-refractivity contribution in [1.82, 2.24) is 15.0 Å². The lowest BCUT2D eigenvalue weighted by Crippen LogP contribution is -2.18. The fourth-order valence-corrected chi connectivity index (χ4v) is 6.88. The summed E-state index contributed by atoms with van der Waals surface area (Å²) in [6.45, 7) is 3.43. The van der Waals surface area contributed by atoms with Crippen LogP contribution >= 0.6 is 27.3 Å². The monoisotopic (exact) mass is 538 g/mol. The van der Waals surface area contributed by atoms with E-state index in [9.17, 15) is 8.42 Å². The summed E-state index contributed by atoms with van der Waals surface area (Å²) in [7, 11) is -1.99. The Hall–Kier alpha value is -1.82. The first-order chi connectivity index (χ1) is 15.4. The largest absolute Gasteiger partial charge is 0.480 e. The molecule has 2 fully saturated rings. The van der Waals surface area contributed by atoms with E-state index in [0.717, 1.165) is 43.9 Å². The summed E-state index contributed by atoms with van der Waals surface area (Å²) in [5.74, 6) is 1.24. The van der Waals surface area contributed by atoms with Gasteiger partial charge in [-0.1, -0.05) is 0 Å². The topological polar surface area (TPSA) is 103 Å². The molecule has 3 aromatic rings. The van der Waals surface area contributed by atoms with Crippen LogP contribution in [0.25, 0.3) is 21.5 Å². The first-order valence-electron chi connectivity index (χ1n) is 10.5. The zero-order valence-electron chi connectivity index (χ0n) is 17.7. The number of ether oxygens (including phenoxy) is 2. The van der Waals surface area contributed by atoms with Gasteiger partial charge >= 0.3 is 0 Å². The number of hydrogen-bond donors (Lipinski definition) is 1. The first kappa shape index (κ1) is 22.0. The van der Waals surface area contributed by atoms with Crippen molar-refractivity contribution in [2.45, 2.75) is 43.8 Å². The molecule has 1 N–H and O–H groups in total. The van der Waals surface area contributed by atoms with Gasteiger partial charge in [0.15, 0.2) is 0 Å². The molecule has 1 aliphatic carbocycles. The van der Waals surface area contributed by atoms with Crippen LogP contribution in [0.1, 0.15) is 42.3 Å². The third-order valence-corrected chi connectivity index (χ3v) is 9.96. The molecule has 0 atom stereocenters. The Labute approximate surface area is 199 Å². The standard InChI is InChI=1S/C21H23BrN4O4S2/c1-11-16(22)18-19(31-11)17(24-20(25-18)12-5-7-30-8-6-12)13-9-15(21(29-2)23-10-13)26-32(27,28)14-3-4-14/h9-10,12,14,26H,3-8H2,1-2H3. The summed E-state index contributed by atoms with van der Waals surface area (Å²) in [6, 6.07) is 1.75. The molecule has 5 rings (SSSR count). The highest BCUT2D eigenvalue weighted by molar-refractivity contribution is 9.10. The second-order valence-corrected chi connectivity index (χ2v) is 12.1. The molecule has 0 amide bonds. The van der Waals surface area contributed by atoms with Crippen molar-refractivity contribution in [3.05, 3.63) is 27.4 Å². The smallest absolute Gasteiger partial charge is 0.238 e. The molecular formula is C21H23BrN4O4S2. The van der Waals surface area contributed by atoms with Gasteiger partial charge in [-0.15, -0.1) is 11.3 Å². The molecule has 11 heteroatoms. The van der Waals surface area contributed by atoms with Crippen LogP contribution in [0.2, 0.25) is 0 Å². The van der Waals surface area contributed by atoms with Crippen LogP contribution in [0.15, 0.2) is 16.7 Å². The van der Waals surface area contributed by atoms with Crippen LogP contribution in [0.4, 0.5) is 5.69 Å². The summed E-state index contributed by atoms with van der Waals surface area (Å²) in [5, 5.41) is -0.349. The number of anilines is 1. The second kappa shape index (κ2) is 8.51. The Balaban J connectivity index is 1.64. The number of fused-ring (bicyclic) bond motifs is 1. The van der Waals surface area contributed by atoms with Crippen LogP contribution in [0.3, 0.4) is 0 Å². The average molecular weight is 539 g/mol. The van der Waals surface area contributed by atoms with Gasteiger partial charge in [0.25, 0.3) is 0 Å². The number of nitrogens with one attached hydrogen (secondary N) is 1. The number of pyridine rings is 1. The van der Waals surface area contributed by atoms with Crippen LogP contribution in [-0.4, -0.2) is 48.9 Å². The van der Waals surface area contributed by atoms with E-state index in [0.29, 0.717) is 37.3 Å². The normalized spacial score (nSPS) is 17.6. The minimum Gasteiger partial charge on any atom is -0.480 e. The predicted octanol–water partition coefficient (Wildman–Crippen LogP) is 4.63. The minimum absolute atomic E-state index is 0.220. The lowest BCUT2D eigenvalue weighted by molar-refractivity contribution is 0.0837. The number of sulfonamides is 1. The minimum atomic E-state index is -3.46. The molecule has 4 heterocycles. The number of halogens is 1. The Morgan fingerprint density at radius 1 is 1.22 bits per heavy atom. The molecule has 3 aromatic heterocycles. The predicted molar refractivity (Wildman–Crippen MR) is 128 cm³/mol. The van der Waals surface area contributed by atoms with Gasteiger partial charge in [-0.3, -0.25) is 4.72 Å². The van der Waals surface area contributed by atoms with Gasteiger partial charge < -0.3 is 9.47 Å². The summed E-state index contributed by atoms with van der Waals surface area (Å²) >= 11 is 5.29. The molecule has 0 bridgehead atoms. The van der Waals surface area contributed by atoms with Crippen molar-refractivity contribution in [2.24, 2.45) is 0 Å². The number of rotatable bonds is 6.